The number of ether oxygens (including phenoxy) is 1. The van der Waals surface area contributed by atoms with E-state index in [1.807, 2.05) is 24.4 Å². The highest BCUT2D eigenvalue weighted by atomic mass is 32.1. The molecule has 0 aliphatic carbocycles. The first kappa shape index (κ1) is 15.7. The third-order valence-electron chi connectivity index (χ3n) is 3.31. The summed E-state index contributed by atoms with van der Waals surface area (Å²) in [7, 11) is 1.39. The topological polar surface area (TPSA) is 38.3 Å². The molecule has 2 atom stereocenters. The molecule has 21 heavy (non-hydrogen) atoms. The fourth-order valence-corrected chi connectivity index (χ4v) is 2.92. The van der Waals surface area contributed by atoms with Gasteiger partial charge in [-0.1, -0.05) is 18.2 Å². The monoisotopic (exact) mass is 307 g/mol. The lowest BCUT2D eigenvalue weighted by Crippen LogP contribution is -2.26. The molecule has 1 aromatic carbocycles. The van der Waals surface area contributed by atoms with E-state index >= 15 is 0 Å². The van der Waals surface area contributed by atoms with Crippen molar-refractivity contribution in [1.82, 2.24) is 5.32 Å². The van der Waals surface area contributed by atoms with Crippen LogP contribution in [0.2, 0.25) is 0 Å². The van der Waals surface area contributed by atoms with Crippen LogP contribution in [0.1, 0.15) is 35.9 Å². The molecule has 0 aliphatic rings. The number of hydrogen-bond donors (Lipinski definition) is 1. The molecule has 0 saturated heterocycles. The number of carbonyl (C=O) groups excluding carboxylic acids is 1. The Morgan fingerprint density at radius 2 is 2.05 bits per heavy atom. The van der Waals surface area contributed by atoms with E-state index in [9.17, 15) is 9.18 Å². The molecule has 1 heterocycles. The summed E-state index contributed by atoms with van der Waals surface area (Å²) >= 11 is 1.59. The molecule has 2 unspecified atom stereocenters. The van der Waals surface area contributed by atoms with E-state index in [-0.39, 0.29) is 30.3 Å². The highest BCUT2D eigenvalue weighted by molar-refractivity contribution is 7.10. The highest BCUT2D eigenvalue weighted by Gasteiger charge is 2.20. The Bertz CT molecular complexity index is 568. The smallest absolute Gasteiger partial charge is 0.307 e. The Balaban J connectivity index is 2.10. The zero-order valence-electron chi connectivity index (χ0n) is 12.0. The first-order valence-electron chi connectivity index (χ1n) is 6.72. The van der Waals surface area contributed by atoms with Gasteiger partial charge in [-0.05, 0) is 36.1 Å². The maximum atomic E-state index is 13.0. The number of benzene rings is 1. The Hall–Kier alpha value is -1.72. The maximum Gasteiger partial charge on any atom is 0.307 e. The van der Waals surface area contributed by atoms with E-state index in [2.05, 4.69) is 5.32 Å². The second-order valence-electron chi connectivity index (χ2n) is 4.79. The zero-order valence-corrected chi connectivity index (χ0v) is 12.8. The lowest BCUT2D eigenvalue weighted by molar-refractivity contribution is -0.141. The summed E-state index contributed by atoms with van der Waals surface area (Å²) in [6, 6.07) is 10.2. The quantitative estimate of drug-likeness (QED) is 0.824. The fraction of sp³-hybridized carbons (Fsp3) is 0.312. The average Bonchev–Trinajstić information content (AvgIpc) is 3.01. The standard InChI is InChI=1S/C16H18FNO2S/c1-11(12-5-7-13(17)8-6-12)18-14(10-16(19)20-2)15-4-3-9-21-15/h3-9,11,14,18H,10H2,1-2H3. The summed E-state index contributed by atoms with van der Waals surface area (Å²) in [6.07, 6.45) is 0.266. The normalized spacial score (nSPS) is 13.7. The molecule has 2 aromatic rings. The van der Waals surface area contributed by atoms with Crippen molar-refractivity contribution in [3.63, 3.8) is 0 Å². The first-order valence-corrected chi connectivity index (χ1v) is 7.60. The van der Waals surface area contributed by atoms with Crippen LogP contribution in [0.3, 0.4) is 0 Å². The fourth-order valence-electron chi connectivity index (χ4n) is 2.13. The van der Waals surface area contributed by atoms with Crippen LogP contribution in [-0.4, -0.2) is 13.1 Å². The zero-order chi connectivity index (χ0) is 15.2. The largest absolute Gasteiger partial charge is 0.469 e. The van der Waals surface area contributed by atoms with Crippen molar-refractivity contribution in [1.29, 1.82) is 0 Å². The molecule has 112 valence electrons. The molecule has 0 spiro atoms. The van der Waals surface area contributed by atoms with E-state index in [1.165, 1.54) is 19.2 Å². The summed E-state index contributed by atoms with van der Waals surface area (Å²) in [5, 5.41) is 5.38. The molecule has 0 aliphatic heterocycles. The number of nitrogens with one attached hydrogen (secondary N) is 1. The minimum atomic E-state index is -0.257. The molecular formula is C16H18FNO2S. The van der Waals surface area contributed by atoms with Crippen molar-refractivity contribution in [3.8, 4) is 0 Å². The van der Waals surface area contributed by atoms with Gasteiger partial charge in [0.1, 0.15) is 5.82 Å². The Kier molecular flexibility index (Phi) is 5.47. The van der Waals surface area contributed by atoms with Gasteiger partial charge in [0.05, 0.1) is 19.6 Å². The maximum absolute atomic E-state index is 13.0. The average molecular weight is 307 g/mol. The Morgan fingerprint density at radius 1 is 1.33 bits per heavy atom. The number of carbonyl (C=O) groups is 1. The van der Waals surface area contributed by atoms with Gasteiger partial charge in [0.25, 0.3) is 0 Å². The summed E-state index contributed by atoms with van der Waals surface area (Å²) in [6.45, 7) is 1.99. The molecule has 1 N–H and O–H groups in total. The predicted octanol–water partition coefficient (Wildman–Crippen LogP) is 3.84. The minimum Gasteiger partial charge on any atom is -0.469 e. The number of hydrogen-bond acceptors (Lipinski definition) is 4. The molecular weight excluding hydrogens is 289 g/mol. The van der Waals surface area contributed by atoms with Crippen LogP contribution in [-0.2, 0) is 9.53 Å². The Morgan fingerprint density at radius 3 is 2.62 bits per heavy atom. The minimum absolute atomic E-state index is 0.00218. The van der Waals surface area contributed by atoms with Crippen molar-refractivity contribution in [2.45, 2.75) is 25.4 Å². The molecule has 0 radical (unpaired) electrons. The van der Waals surface area contributed by atoms with Crippen LogP contribution in [0.4, 0.5) is 4.39 Å². The first-order chi connectivity index (χ1) is 10.1. The van der Waals surface area contributed by atoms with Gasteiger partial charge in [0, 0.05) is 10.9 Å². The van der Waals surface area contributed by atoms with Crippen molar-refractivity contribution < 1.29 is 13.9 Å². The van der Waals surface area contributed by atoms with Crippen LogP contribution in [0, 0.1) is 5.82 Å². The van der Waals surface area contributed by atoms with Crippen LogP contribution >= 0.6 is 11.3 Å². The Labute approximate surface area is 127 Å². The molecule has 0 saturated carbocycles. The van der Waals surface area contributed by atoms with Crippen LogP contribution in [0.15, 0.2) is 41.8 Å². The van der Waals surface area contributed by atoms with E-state index in [0.717, 1.165) is 10.4 Å². The lowest BCUT2D eigenvalue weighted by Gasteiger charge is -2.22. The second-order valence-corrected chi connectivity index (χ2v) is 5.77. The number of esters is 1. The highest BCUT2D eigenvalue weighted by Crippen LogP contribution is 2.26. The van der Waals surface area contributed by atoms with Gasteiger partial charge < -0.3 is 10.1 Å². The summed E-state index contributed by atoms with van der Waals surface area (Å²) in [4.78, 5) is 12.7. The van der Waals surface area contributed by atoms with Crippen LogP contribution in [0.5, 0.6) is 0 Å². The van der Waals surface area contributed by atoms with Crippen molar-refractivity contribution in [2.75, 3.05) is 7.11 Å². The molecule has 0 amide bonds. The van der Waals surface area contributed by atoms with Gasteiger partial charge in [0.2, 0.25) is 0 Å². The van der Waals surface area contributed by atoms with Crippen LogP contribution < -0.4 is 5.32 Å². The molecule has 2 rings (SSSR count). The van der Waals surface area contributed by atoms with E-state index < -0.39 is 0 Å². The van der Waals surface area contributed by atoms with Gasteiger partial charge in [-0.3, -0.25) is 4.79 Å². The number of halogens is 1. The predicted molar refractivity (Wildman–Crippen MR) is 81.6 cm³/mol. The van der Waals surface area contributed by atoms with E-state index in [1.54, 1.807) is 23.5 Å². The van der Waals surface area contributed by atoms with Gasteiger partial charge in [0.15, 0.2) is 0 Å². The third kappa shape index (κ3) is 4.37. The van der Waals surface area contributed by atoms with E-state index in [0.29, 0.717) is 0 Å². The van der Waals surface area contributed by atoms with Gasteiger partial charge in [-0.25, -0.2) is 4.39 Å². The summed E-state index contributed by atoms with van der Waals surface area (Å²) in [5.74, 6) is -0.512. The van der Waals surface area contributed by atoms with Crippen molar-refractivity contribution in [3.05, 3.63) is 58.0 Å². The molecule has 3 nitrogen and oxygen atoms in total. The third-order valence-corrected chi connectivity index (χ3v) is 4.29. The van der Waals surface area contributed by atoms with Gasteiger partial charge >= 0.3 is 5.97 Å². The second kappa shape index (κ2) is 7.33. The number of thiophene rings is 1. The molecule has 5 heteroatoms. The van der Waals surface area contributed by atoms with Crippen molar-refractivity contribution >= 4 is 17.3 Å². The molecule has 1 aromatic heterocycles. The summed E-state index contributed by atoms with van der Waals surface area (Å²) < 4.78 is 17.7. The van der Waals surface area contributed by atoms with Crippen LogP contribution in [0.25, 0.3) is 0 Å². The molecule has 0 bridgehead atoms. The molecule has 0 fully saturated rings. The SMILES string of the molecule is COC(=O)CC(NC(C)c1ccc(F)cc1)c1cccs1. The van der Waals surface area contributed by atoms with Gasteiger partial charge in [-0.15, -0.1) is 11.3 Å². The van der Waals surface area contributed by atoms with Gasteiger partial charge in [-0.2, -0.15) is 0 Å². The van der Waals surface area contributed by atoms with Crippen molar-refractivity contribution in [2.24, 2.45) is 0 Å². The number of rotatable bonds is 6. The van der Waals surface area contributed by atoms with E-state index in [4.69, 9.17) is 4.74 Å². The lowest BCUT2D eigenvalue weighted by atomic mass is 10.1. The number of methoxy groups -OCH3 is 1. The summed E-state index contributed by atoms with van der Waals surface area (Å²) in [5.41, 5.74) is 0.975.